The number of aromatic amines is 1. The molecular weight excluding hydrogens is 330 g/mol. The Morgan fingerprint density at radius 3 is 2.69 bits per heavy atom. The number of guanidine groups is 1. The standard InChI is InChI=1S/C18H19N7O/c1-10-5-6-21-16(7-10)23-17(26)15-9-13-8-12(3-4-14(13)22-15)11(2)24-25-18(19)20/h3-9,22H,1-2H3,(H4,19,20,25)(H,21,23,26)/b24-11-. The summed E-state index contributed by atoms with van der Waals surface area (Å²) in [5.74, 6) is 0.150. The first kappa shape index (κ1) is 17.2. The van der Waals surface area contributed by atoms with E-state index in [0.717, 1.165) is 22.0 Å². The Kier molecular flexibility index (Phi) is 4.66. The van der Waals surface area contributed by atoms with Crippen LogP contribution in [0.3, 0.4) is 0 Å². The molecule has 0 aliphatic heterocycles. The minimum Gasteiger partial charge on any atom is -0.369 e. The number of nitrogens with two attached hydrogens (primary N) is 2. The SMILES string of the molecule is C/C(=N/N=C(N)N)c1ccc2[nH]c(C(=O)Nc3cc(C)ccn3)cc2c1. The number of aromatic nitrogens is 2. The van der Waals surface area contributed by atoms with E-state index in [4.69, 9.17) is 11.5 Å². The molecule has 1 aromatic carbocycles. The minimum atomic E-state index is -0.258. The number of hydrogen-bond acceptors (Lipinski definition) is 4. The Balaban J connectivity index is 1.86. The average molecular weight is 349 g/mol. The van der Waals surface area contributed by atoms with Gasteiger partial charge in [0, 0.05) is 17.1 Å². The van der Waals surface area contributed by atoms with E-state index in [-0.39, 0.29) is 11.9 Å². The van der Waals surface area contributed by atoms with Crippen LogP contribution >= 0.6 is 0 Å². The number of nitrogens with zero attached hydrogens (tertiary/aromatic N) is 3. The van der Waals surface area contributed by atoms with E-state index in [1.807, 2.05) is 37.3 Å². The molecule has 3 rings (SSSR count). The third-order valence-corrected chi connectivity index (χ3v) is 3.76. The first-order valence-electron chi connectivity index (χ1n) is 7.93. The maximum absolute atomic E-state index is 12.4. The summed E-state index contributed by atoms with van der Waals surface area (Å²) in [5, 5.41) is 11.3. The monoisotopic (exact) mass is 349 g/mol. The predicted molar refractivity (Wildman–Crippen MR) is 103 cm³/mol. The summed E-state index contributed by atoms with van der Waals surface area (Å²) in [6, 6.07) is 11.1. The van der Waals surface area contributed by atoms with Crippen molar-refractivity contribution in [2.24, 2.45) is 21.7 Å². The van der Waals surface area contributed by atoms with E-state index in [2.05, 4.69) is 25.5 Å². The molecule has 3 aromatic rings. The number of benzene rings is 1. The van der Waals surface area contributed by atoms with Crippen LogP contribution in [0.25, 0.3) is 10.9 Å². The lowest BCUT2D eigenvalue weighted by molar-refractivity contribution is 0.102. The molecule has 0 saturated carbocycles. The topological polar surface area (TPSA) is 135 Å². The van der Waals surface area contributed by atoms with Gasteiger partial charge in [-0.1, -0.05) is 6.07 Å². The molecule has 0 atom stereocenters. The molecule has 0 radical (unpaired) electrons. The number of anilines is 1. The molecule has 2 heterocycles. The zero-order chi connectivity index (χ0) is 18.7. The number of H-pyrrole nitrogens is 1. The third kappa shape index (κ3) is 3.86. The van der Waals surface area contributed by atoms with Gasteiger partial charge in [-0.15, -0.1) is 5.10 Å². The summed E-state index contributed by atoms with van der Waals surface area (Å²) in [6.07, 6.45) is 1.65. The molecule has 2 aromatic heterocycles. The van der Waals surface area contributed by atoms with Crippen LogP contribution in [0.2, 0.25) is 0 Å². The highest BCUT2D eigenvalue weighted by atomic mass is 16.1. The van der Waals surface area contributed by atoms with E-state index < -0.39 is 0 Å². The summed E-state index contributed by atoms with van der Waals surface area (Å²) < 4.78 is 0. The van der Waals surface area contributed by atoms with Gasteiger partial charge in [-0.25, -0.2) is 4.98 Å². The van der Waals surface area contributed by atoms with Crippen LogP contribution in [-0.4, -0.2) is 27.5 Å². The second-order valence-electron chi connectivity index (χ2n) is 5.87. The second-order valence-corrected chi connectivity index (χ2v) is 5.87. The van der Waals surface area contributed by atoms with Crippen molar-refractivity contribution in [3.05, 3.63) is 59.4 Å². The normalized spacial score (nSPS) is 11.4. The van der Waals surface area contributed by atoms with E-state index in [9.17, 15) is 4.79 Å². The highest BCUT2D eigenvalue weighted by Crippen LogP contribution is 2.19. The van der Waals surface area contributed by atoms with Crippen molar-refractivity contribution < 1.29 is 4.79 Å². The largest absolute Gasteiger partial charge is 0.369 e. The van der Waals surface area contributed by atoms with E-state index in [0.29, 0.717) is 17.2 Å². The summed E-state index contributed by atoms with van der Waals surface area (Å²) in [6.45, 7) is 3.74. The minimum absolute atomic E-state index is 0.101. The van der Waals surface area contributed by atoms with Crippen molar-refractivity contribution >= 4 is 34.3 Å². The smallest absolute Gasteiger partial charge is 0.273 e. The lowest BCUT2D eigenvalue weighted by atomic mass is 10.1. The maximum Gasteiger partial charge on any atom is 0.273 e. The molecular formula is C18H19N7O. The van der Waals surface area contributed by atoms with E-state index >= 15 is 0 Å². The Labute approximate surface area is 150 Å². The van der Waals surface area contributed by atoms with Crippen LogP contribution < -0.4 is 16.8 Å². The average Bonchev–Trinajstić information content (AvgIpc) is 3.03. The molecule has 26 heavy (non-hydrogen) atoms. The Morgan fingerprint density at radius 2 is 1.96 bits per heavy atom. The zero-order valence-corrected chi connectivity index (χ0v) is 14.4. The lowest BCUT2D eigenvalue weighted by Crippen LogP contribution is -2.22. The molecule has 8 nitrogen and oxygen atoms in total. The second kappa shape index (κ2) is 7.06. The number of rotatable bonds is 4. The fraction of sp³-hybridized carbons (Fsp3) is 0.111. The summed E-state index contributed by atoms with van der Waals surface area (Å²) in [4.78, 5) is 19.7. The summed E-state index contributed by atoms with van der Waals surface area (Å²) in [7, 11) is 0. The van der Waals surface area contributed by atoms with E-state index in [1.54, 1.807) is 19.2 Å². The molecule has 0 aliphatic rings. The van der Waals surface area contributed by atoms with Crippen molar-refractivity contribution in [2.45, 2.75) is 13.8 Å². The number of amides is 1. The van der Waals surface area contributed by atoms with Crippen LogP contribution in [0.5, 0.6) is 0 Å². The first-order chi connectivity index (χ1) is 12.4. The maximum atomic E-state index is 12.4. The van der Waals surface area contributed by atoms with Crippen molar-refractivity contribution in [1.29, 1.82) is 0 Å². The van der Waals surface area contributed by atoms with Crippen LogP contribution in [0.1, 0.15) is 28.5 Å². The van der Waals surface area contributed by atoms with Crippen molar-refractivity contribution in [1.82, 2.24) is 9.97 Å². The molecule has 0 aliphatic carbocycles. The van der Waals surface area contributed by atoms with Crippen LogP contribution in [-0.2, 0) is 0 Å². The van der Waals surface area contributed by atoms with Crippen LogP contribution in [0, 0.1) is 6.92 Å². The molecule has 0 saturated heterocycles. The van der Waals surface area contributed by atoms with Gasteiger partial charge in [-0.05, 0) is 55.3 Å². The molecule has 1 amide bonds. The number of aryl methyl sites for hydroxylation is 1. The van der Waals surface area contributed by atoms with E-state index in [1.165, 1.54) is 0 Å². The number of nitrogens with one attached hydrogen (secondary N) is 2. The Bertz CT molecular complexity index is 1030. The van der Waals surface area contributed by atoms with Gasteiger partial charge < -0.3 is 21.8 Å². The highest BCUT2D eigenvalue weighted by molar-refractivity contribution is 6.07. The molecule has 132 valence electrons. The molecule has 0 unspecified atom stereocenters. The number of pyridine rings is 1. The van der Waals surface area contributed by atoms with Crippen molar-refractivity contribution in [2.75, 3.05) is 5.32 Å². The molecule has 0 bridgehead atoms. The molecule has 0 fully saturated rings. The zero-order valence-electron chi connectivity index (χ0n) is 14.4. The number of fused-ring (bicyclic) bond motifs is 1. The Hall–Kier alpha value is -3.68. The van der Waals surface area contributed by atoms with Gasteiger partial charge in [0.25, 0.3) is 5.91 Å². The number of carbonyl (C=O) groups excluding carboxylic acids is 1. The van der Waals surface area contributed by atoms with Gasteiger partial charge in [0.15, 0.2) is 0 Å². The van der Waals surface area contributed by atoms with Gasteiger partial charge in [0.2, 0.25) is 5.96 Å². The number of hydrogen-bond donors (Lipinski definition) is 4. The Morgan fingerprint density at radius 1 is 1.15 bits per heavy atom. The van der Waals surface area contributed by atoms with Crippen molar-refractivity contribution in [3.63, 3.8) is 0 Å². The summed E-state index contributed by atoms with van der Waals surface area (Å²) in [5.41, 5.74) is 14.4. The summed E-state index contributed by atoms with van der Waals surface area (Å²) >= 11 is 0. The predicted octanol–water partition coefficient (Wildman–Crippen LogP) is 2.12. The molecule has 8 heteroatoms. The first-order valence-corrected chi connectivity index (χ1v) is 7.93. The van der Waals surface area contributed by atoms with Gasteiger partial charge in [0.05, 0.1) is 5.71 Å². The van der Waals surface area contributed by atoms with Crippen LogP contribution in [0.15, 0.2) is 52.8 Å². The lowest BCUT2D eigenvalue weighted by Gasteiger charge is -2.03. The van der Waals surface area contributed by atoms with Gasteiger partial charge in [0.1, 0.15) is 11.5 Å². The quantitative estimate of drug-likeness (QED) is 0.326. The van der Waals surface area contributed by atoms with Gasteiger partial charge >= 0.3 is 0 Å². The molecule has 0 spiro atoms. The fourth-order valence-corrected chi connectivity index (χ4v) is 2.46. The third-order valence-electron chi connectivity index (χ3n) is 3.76. The van der Waals surface area contributed by atoms with Crippen molar-refractivity contribution in [3.8, 4) is 0 Å². The van der Waals surface area contributed by atoms with Gasteiger partial charge in [-0.2, -0.15) is 5.10 Å². The molecule has 6 N–H and O–H groups in total. The van der Waals surface area contributed by atoms with Crippen LogP contribution in [0.4, 0.5) is 5.82 Å². The highest BCUT2D eigenvalue weighted by Gasteiger charge is 2.11. The van der Waals surface area contributed by atoms with Gasteiger partial charge in [-0.3, -0.25) is 4.79 Å². The fourth-order valence-electron chi connectivity index (χ4n) is 2.46. The number of carbonyl (C=O) groups is 1.